The Morgan fingerprint density at radius 3 is 1.91 bits per heavy atom. The van der Waals surface area contributed by atoms with Crippen molar-refractivity contribution < 1.29 is 0 Å². The van der Waals surface area contributed by atoms with Crippen molar-refractivity contribution >= 4 is 5.69 Å². The number of hydrogen-bond acceptors (Lipinski definition) is 2. The zero-order valence-corrected chi connectivity index (χ0v) is 15.5. The van der Waals surface area contributed by atoms with Crippen LogP contribution in [0.4, 0.5) is 5.69 Å². The van der Waals surface area contributed by atoms with Crippen molar-refractivity contribution in [2.45, 2.75) is 78.1 Å². The Morgan fingerprint density at radius 1 is 0.696 bits per heavy atom. The van der Waals surface area contributed by atoms with Gasteiger partial charge in [-0.2, -0.15) is 0 Å². The quantitative estimate of drug-likeness (QED) is 0.354. The molecule has 0 saturated heterocycles. The molecule has 132 valence electrons. The van der Waals surface area contributed by atoms with E-state index in [0.29, 0.717) is 0 Å². The van der Waals surface area contributed by atoms with Crippen LogP contribution in [0.1, 0.15) is 77.2 Å². The number of nitrogens with two attached hydrogens (primary N) is 1. The van der Waals surface area contributed by atoms with Gasteiger partial charge < -0.3 is 10.6 Å². The molecule has 0 unspecified atom stereocenters. The molecule has 0 amide bonds. The summed E-state index contributed by atoms with van der Waals surface area (Å²) in [5.41, 5.74) is 8.02. The number of rotatable bonds is 14. The number of hydrogen-bond donors (Lipinski definition) is 1. The van der Waals surface area contributed by atoms with Gasteiger partial charge in [-0.25, -0.2) is 0 Å². The Balaban J connectivity index is 2.17. The molecule has 0 atom stereocenters. The standard InChI is InChI=1S/C21H38N2/c1-3-5-7-8-10-18-23(17-6-4-2)19-11-9-12-20-13-15-21(22)16-14-20/h13-16H,3-12,17-19,22H2,1-2H3. The van der Waals surface area contributed by atoms with Crippen LogP contribution in [0.2, 0.25) is 0 Å². The fraction of sp³-hybridized carbons (Fsp3) is 0.714. The van der Waals surface area contributed by atoms with E-state index in [0.717, 1.165) is 5.69 Å². The molecule has 0 aliphatic rings. The Morgan fingerprint density at radius 2 is 1.26 bits per heavy atom. The maximum absolute atomic E-state index is 5.74. The van der Waals surface area contributed by atoms with Gasteiger partial charge in [-0.1, -0.05) is 58.1 Å². The highest BCUT2D eigenvalue weighted by Gasteiger charge is 2.04. The Labute approximate surface area is 144 Å². The molecule has 1 rings (SSSR count). The molecule has 0 heterocycles. The number of aryl methyl sites for hydroxylation is 1. The molecule has 1 aromatic rings. The number of anilines is 1. The fourth-order valence-corrected chi connectivity index (χ4v) is 3.00. The largest absolute Gasteiger partial charge is 0.399 e. The van der Waals surface area contributed by atoms with Crippen LogP contribution in [0.25, 0.3) is 0 Å². The lowest BCUT2D eigenvalue weighted by Crippen LogP contribution is -2.27. The predicted octanol–water partition coefficient (Wildman–Crippen LogP) is 5.66. The van der Waals surface area contributed by atoms with Crippen LogP contribution < -0.4 is 5.73 Å². The van der Waals surface area contributed by atoms with E-state index >= 15 is 0 Å². The summed E-state index contributed by atoms with van der Waals surface area (Å²) in [5, 5.41) is 0. The van der Waals surface area contributed by atoms with E-state index in [2.05, 4.69) is 30.9 Å². The summed E-state index contributed by atoms with van der Waals surface area (Å²) < 4.78 is 0. The van der Waals surface area contributed by atoms with Crippen molar-refractivity contribution in [3.63, 3.8) is 0 Å². The average molecular weight is 319 g/mol. The monoisotopic (exact) mass is 318 g/mol. The van der Waals surface area contributed by atoms with Crippen molar-refractivity contribution in [1.82, 2.24) is 4.90 Å². The number of benzene rings is 1. The summed E-state index contributed by atoms with van der Waals surface area (Å²) in [6.07, 6.45) is 13.3. The van der Waals surface area contributed by atoms with Gasteiger partial charge in [0.2, 0.25) is 0 Å². The first-order chi connectivity index (χ1) is 11.3. The van der Waals surface area contributed by atoms with E-state index in [4.69, 9.17) is 5.73 Å². The summed E-state index contributed by atoms with van der Waals surface area (Å²) in [6, 6.07) is 8.36. The van der Waals surface area contributed by atoms with Crippen LogP contribution in [0.15, 0.2) is 24.3 Å². The van der Waals surface area contributed by atoms with Gasteiger partial charge in [0.05, 0.1) is 0 Å². The summed E-state index contributed by atoms with van der Waals surface area (Å²) in [6.45, 7) is 8.43. The molecule has 0 aliphatic heterocycles. The maximum Gasteiger partial charge on any atom is 0.0314 e. The SMILES string of the molecule is CCCCCCCN(CCCC)CCCCc1ccc(N)cc1. The van der Waals surface area contributed by atoms with Crippen molar-refractivity contribution in [3.8, 4) is 0 Å². The molecular weight excluding hydrogens is 280 g/mol. The second kappa shape index (κ2) is 13.4. The highest BCUT2D eigenvalue weighted by atomic mass is 15.1. The van der Waals surface area contributed by atoms with Crippen LogP contribution in [-0.4, -0.2) is 24.5 Å². The van der Waals surface area contributed by atoms with Crippen LogP contribution >= 0.6 is 0 Å². The highest BCUT2D eigenvalue weighted by molar-refractivity contribution is 5.39. The third-order valence-electron chi connectivity index (χ3n) is 4.58. The van der Waals surface area contributed by atoms with Gasteiger partial charge in [0, 0.05) is 5.69 Å². The van der Waals surface area contributed by atoms with Crippen LogP contribution in [0.3, 0.4) is 0 Å². The first kappa shape index (κ1) is 20.0. The smallest absolute Gasteiger partial charge is 0.0314 e. The summed E-state index contributed by atoms with van der Waals surface area (Å²) in [5.74, 6) is 0. The third kappa shape index (κ3) is 10.4. The molecule has 0 bridgehead atoms. The average Bonchev–Trinajstić information content (AvgIpc) is 2.57. The minimum absolute atomic E-state index is 0.863. The van der Waals surface area contributed by atoms with Gasteiger partial charge in [-0.15, -0.1) is 0 Å². The minimum Gasteiger partial charge on any atom is -0.399 e. The minimum atomic E-state index is 0.863. The van der Waals surface area contributed by atoms with Crippen LogP contribution in [0.5, 0.6) is 0 Å². The van der Waals surface area contributed by atoms with Crippen molar-refractivity contribution in [3.05, 3.63) is 29.8 Å². The highest BCUT2D eigenvalue weighted by Crippen LogP contribution is 2.10. The Bertz CT molecular complexity index is 372. The number of unbranched alkanes of at least 4 members (excludes halogenated alkanes) is 6. The normalized spacial score (nSPS) is 11.3. The van der Waals surface area contributed by atoms with E-state index < -0.39 is 0 Å². The first-order valence-corrected chi connectivity index (χ1v) is 9.83. The van der Waals surface area contributed by atoms with Gasteiger partial charge in [0.25, 0.3) is 0 Å². The van der Waals surface area contributed by atoms with Crippen molar-refractivity contribution in [2.24, 2.45) is 0 Å². The molecule has 0 fully saturated rings. The fourth-order valence-electron chi connectivity index (χ4n) is 3.00. The van der Waals surface area contributed by atoms with Crippen LogP contribution in [0, 0.1) is 0 Å². The first-order valence-electron chi connectivity index (χ1n) is 9.83. The molecule has 0 saturated carbocycles. The van der Waals surface area contributed by atoms with Gasteiger partial charge in [0.1, 0.15) is 0 Å². The molecular formula is C21H38N2. The van der Waals surface area contributed by atoms with Gasteiger partial charge in [-0.3, -0.25) is 0 Å². The topological polar surface area (TPSA) is 29.3 Å². The zero-order valence-electron chi connectivity index (χ0n) is 15.5. The zero-order chi connectivity index (χ0) is 16.8. The van der Waals surface area contributed by atoms with Gasteiger partial charge in [0.15, 0.2) is 0 Å². The predicted molar refractivity (Wildman–Crippen MR) is 104 cm³/mol. The lowest BCUT2D eigenvalue weighted by atomic mass is 10.1. The lowest BCUT2D eigenvalue weighted by Gasteiger charge is -2.22. The molecule has 0 radical (unpaired) electrons. The van der Waals surface area contributed by atoms with Crippen LogP contribution in [-0.2, 0) is 6.42 Å². The molecule has 0 spiro atoms. The summed E-state index contributed by atoms with van der Waals surface area (Å²) in [7, 11) is 0. The molecule has 23 heavy (non-hydrogen) atoms. The van der Waals surface area contributed by atoms with E-state index in [1.54, 1.807) is 0 Å². The molecule has 2 heteroatoms. The third-order valence-corrected chi connectivity index (χ3v) is 4.58. The van der Waals surface area contributed by atoms with Gasteiger partial charge >= 0.3 is 0 Å². The summed E-state index contributed by atoms with van der Waals surface area (Å²) >= 11 is 0. The molecule has 2 nitrogen and oxygen atoms in total. The molecule has 1 aromatic carbocycles. The summed E-state index contributed by atoms with van der Waals surface area (Å²) in [4.78, 5) is 2.69. The van der Waals surface area contributed by atoms with Crippen molar-refractivity contribution in [1.29, 1.82) is 0 Å². The molecule has 0 aliphatic carbocycles. The molecule has 0 aromatic heterocycles. The molecule has 2 N–H and O–H groups in total. The van der Waals surface area contributed by atoms with Gasteiger partial charge in [-0.05, 0) is 69.4 Å². The number of nitrogen functional groups attached to an aromatic ring is 1. The van der Waals surface area contributed by atoms with E-state index in [-0.39, 0.29) is 0 Å². The Kier molecular flexibility index (Phi) is 11.7. The maximum atomic E-state index is 5.74. The van der Waals surface area contributed by atoms with Crippen molar-refractivity contribution in [2.75, 3.05) is 25.4 Å². The van der Waals surface area contributed by atoms with E-state index in [9.17, 15) is 0 Å². The van der Waals surface area contributed by atoms with E-state index in [1.165, 1.54) is 89.4 Å². The lowest BCUT2D eigenvalue weighted by molar-refractivity contribution is 0.257. The number of nitrogens with zero attached hydrogens (tertiary/aromatic N) is 1. The second-order valence-corrected chi connectivity index (χ2v) is 6.81. The Hall–Kier alpha value is -1.02. The van der Waals surface area contributed by atoms with E-state index in [1.807, 2.05) is 12.1 Å². The second-order valence-electron chi connectivity index (χ2n) is 6.81.